The number of ether oxygens (including phenoxy) is 1. The molecule has 3 heterocycles. The standard InChI is InChI=1S/C20H33N5O3/c1-16-14-17(2)25(21-16)9-6-22(3)20(27)18-4-5-19(26)24(15-18)8-7-23-10-12-28-13-11-23/h14,18H,4-13,15H2,1-3H3/t18-/m0/s1. The van der Waals surface area contributed by atoms with Crippen molar-refractivity contribution < 1.29 is 14.3 Å². The first-order valence-corrected chi connectivity index (χ1v) is 10.3. The molecule has 3 rings (SSSR count). The average Bonchev–Trinajstić information content (AvgIpc) is 3.02. The third-order valence-electron chi connectivity index (χ3n) is 5.77. The van der Waals surface area contributed by atoms with Gasteiger partial charge >= 0.3 is 0 Å². The Kier molecular flexibility index (Phi) is 7.07. The number of rotatable bonds is 7. The minimum Gasteiger partial charge on any atom is -0.379 e. The molecule has 0 aliphatic carbocycles. The van der Waals surface area contributed by atoms with Crippen molar-refractivity contribution in [3.8, 4) is 0 Å². The van der Waals surface area contributed by atoms with Gasteiger partial charge in [-0.15, -0.1) is 0 Å². The van der Waals surface area contributed by atoms with Gasteiger partial charge in [-0.05, 0) is 26.3 Å². The molecule has 2 saturated heterocycles. The molecule has 0 saturated carbocycles. The topological polar surface area (TPSA) is 70.9 Å². The van der Waals surface area contributed by atoms with Gasteiger partial charge in [0.15, 0.2) is 0 Å². The molecular formula is C20H33N5O3. The Morgan fingerprint density at radius 3 is 2.68 bits per heavy atom. The molecule has 0 aromatic carbocycles. The number of aromatic nitrogens is 2. The predicted molar refractivity (Wildman–Crippen MR) is 106 cm³/mol. The van der Waals surface area contributed by atoms with Crippen molar-refractivity contribution in [3.63, 3.8) is 0 Å². The maximum atomic E-state index is 12.9. The number of piperidine rings is 1. The lowest BCUT2D eigenvalue weighted by molar-refractivity contribution is -0.142. The number of amides is 2. The number of hydrogen-bond acceptors (Lipinski definition) is 5. The van der Waals surface area contributed by atoms with Crippen LogP contribution in [0, 0.1) is 19.8 Å². The van der Waals surface area contributed by atoms with Crippen molar-refractivity contribution in [2.75, 3.05) is 59.5 Å². The van der Waals surface area contributed by atoms with Crippen LogP contribution in [0.25, 0.3) is 0 Å². The van der Waals surface area contributed by atoms with Crippen LogP contribution in [0.15, 0.2) is 6.07 Å². The van der Waals surface area contributed by atoms with E-state index in [2.05, 4.69) is 10.00 Å². The highest BCUT2D eigenvalue weighted by molar-refractivity contribution is 5.83. The summed E-state index contributed by atoms with van der Waals surface area (Å²) in [4.78, 5) is 31.2. The Bertz CT molecular complexity index is 683. The minimum atomic E-state index is -0.104. The Morgan fingerprint density at radius 2 is 2.00 bits per heavy atom. The summed E-state index contributed by atoms with van der Waals surface area (Å²) in [7, 11) is 1.85. The molecule has 0 spiro atoms. The van der Waals surface area contributed by atoms with E-state index in [4.69, 9.17) is 4.74 Å². The Balaban J connectivity index is 1.48. The summed E-state index contributed by atoms with van der Waals surface area (Å²) in [6.07, 6.45) is 1.11. The molecule has 156 valence electrons. The number of likely N-dealkylation sites (tertiary alicyclic amines) is 1. The Labute approximate surface area is 167 Å². The molecule has 0 N–H and O–H groups in total. The first kappa shape index (κ1) is 20.8. The molecule has 2 aliphatic rings. The van der Waals surface area contributed by atoms with Gasteiger partial charge in [-0.2, -0.15) is 5.10 Å². The Hall–Kier alpha value is -1.93. The lowest BCUT2D eigenvalue weighted by atomic mass is 9.96. The van der Waals surface area contributed by atoms with Crippen LogP contribution in [-0.2, 0) is 20.9 Å². The molecule has 28 heavy (non-hydrogen) atoms. The third-order valence-corrected chi connectivity index (χ3v) is 5.77. The number of morpholine rings is 1. The van der Waals surface area contributed by atoms with Crippen LogP contribution in [0.5, 0.6) is 0 Å². The number of carbonyl (C=O) groups excluding carboxylic acids is 2. The van der Waals surface area contributed by atoms with Gasteiger partial charge in [0, 0.05) is 58.4 Å². The number of hydrogen-bond donors (Lipinski definition) is 0. The third kappa shape index (κ3) is 5.32. The first-order valence-electron chi connectivity index (χ1n) is 10.3. The number of likely N-dealkylation sites (N-methyl/N-ethyl adjacent to an activating group) is 1. The molecule has 0 unspecified atom stereocenters. The van der Waals surface area contributed by atoms with Crippen LogP contribution in [-0.4, -0.2) is 95.8 Å². The highest BCUT2D eigenvalue weighted by atomic mass is 16.5. The normalized spacial score (nSPS) is 21.2. The Morgan fingerprint density at radius 1 is 1.25 bits per heavy atom. The lowest BCUT2D eigenvalue weighted by Crippen LogP contribution is -2.49. The van der Waals surface area contributed by atoms with Gasteiger partial charge in [-0.3, -0.25) is 19.2 Å². The van der Waals surface area contributed by atoms with Crippen molar-refractivity contribution in [2.45, 2.75) is 33.2 Å². The van der Waals surface area contributed by atoms with E-state index in [1.54, 1.807) is 4.90 Å². The molecule has 8 nitrogen and oxygen atoms in total. The summed E-state index contributed by atoms with van der Waals surface area (Å²) in [5, 5.41) is 4.46. The van der Waals surface area contributed by atoms with Gasteiger partial charge in [-0.1, -0.05) is 0 Å². The van der Waals surface area contributed by atoms with Crippen LogP contribution in [0.3, 0.4) is 0 Å². The van der Waals surface area contributed by atoms with Gasteiger partial charge < -0.3 is 14.5 Å². The summed E-state index contributed by atoms with van der Waals surface area (Å²) in [5.74, 6) is 0.195. The molecule has 2 fully saturated rings. The molecule has 2 aliphatic heterocycles. The first-order chi connectivity index (χ1) is 13.4. The highest BCUT2D eigenvalue weighted by Gasteiger charge is 2.32. The largest absolute Gasteiger partial charge is 0.379 e. The number of aryl methyl sites for hydroxylation is 2. The second-order valence-electron chi connectivity index (χ2n) is 7.94. The predicted octanol–water partition coefficient (Wildman–Crippen LogP) is 0.529. The SMILES string of the molecule is Cc1cc(C)n(CCN(C)C(=O)[C@H]2CCC(=O)N(CCN3CCOCC3)C2)n1. The fourth-order valence-electron chi connectivity index (χ4n) is 3.99. The number of carbonyl (C=O) groups is 2. The second-order valence-corrected chi connectivity index (χ2v) is 7.94. The fraction of sp³-hybridized carbons (Fsp3) is 0.750. The van der Waals surface area contributed by atoms with Crippen LogP contribution >= 0.6 is 0 Å². The second kappa shape index (κ2) is 9.52. The fourth-order valence-corrected chi connectivity index (χ4v) is 3.99. The van der Waals surface area contributed by atoms with Gasteiger partial charge in [0.1, 0.15) is 0 Å². The van der Waals surface area contributed by atoms with E-state index in [-0.39, 0.29) is 17.7 Å². The number of nitrogens with zero attached hydrogens (tertiary/aromatic N) is 5. The van der Waals surface area contributed by atoms with E-state index in [9.17, 15) is 9.59 Å². The summed E-state index contributed by atoms with van der Waals surface area (Å²) in [6.45, 7) is 10.7. The van der Waals surface area contributed by atoms with Crippen molar-refractivity contribution >= 4 is 11.8 Å². The molecule has 0 bridgehead atoms. The van der Waals surface area contributed by atoms with Crippen molar-refractivity contribution in [2.24, 2.45) is 5.92 Å². The van der Waals surface area contributed by atoms with E-state index in [1.165, 1.54) is 0 Å². The van der Waals surface area contributed by atoms with Crippen LogP contribution in [0.1, 0.15) is 24.2 Å². The zero-order valence-corrected chi connectivity index (χ0v) is 17.4. The molecule has 1 atom stereocenters. The molecule has 1 aromatic heterocycles. The zero-order chi connectivity index (χ0) is 20.1. The summed E-state index contributed by atoms with van der Waals surface area (Å²) < 4.78 is 7.32. The smallest absolute Gasteiger partial charge is 0.227 e. The maximum Gasteiger partial charge on any atom is 0.227 e. The molecule has 8 heteroatoms. The molecule has 2 amide bonds. The summed E-state index contributed by atoms with van der Waals surface area (Å²) in [6, 6.07) is 2.04. The highest BCUT2D eigenvalue weighted by Crippen LogP contribution is 2.20. The van der Waals surface area contributed by atoms with Gasteiger partial charge in [0.25, 0.3) is 0 Å². The molecule has 1 aromatic rings. The van der Waals surface area contributed by atoms with Crippen molar-refractivity contribution in [3.05, 3.63) is 17.5 Å². The van der Waals surface area contributed by atoms with E-state index in [0.717, 1.165) is 44.2 Å². The van der Waals surface area contributed by atoms with Gasteiger partial charge in [0.05, 0.1) is 31.4 Å². The molecule has 0 radical (unpaired) electrons. The van der Waals surface area contributed by atoms with E-state index >= 15 is 0 Å². The zero-order valence-electron chi connectivity index (χ0n) is 17.4. The van der Waals surface area contributed by atoms with E-state index in [1.807, 2.05) is 36.5 Å². The van der Waals surface area contributed by atoms with Crippen molar-refractivity contribution in [1.29, 1.82) is 0 Å². The monoisotopic (exact) mass is 391 g/mol. The van der Waals surface area contributed by atoms with Gasteiger partial charge in [0.2, 0.25) is 11.8 Å². The lowest BCUT2D eigenvalue weighted by Gasteiger charge is -2.35. The maximum absolute atomic E-state index is 12.9. The summed E-state index contributed by atoms with van der Waals surface area (Å²) >= 11 is 0. The average molecular weight is 392 g/mol. The summed E-state index contributed by atoms with van der Waals surface area (Å²) in [5.41, 5.74) is 2.10. The van der Waals surface area contributed by atoms with Gasteiger partial charge in [-0.25, -0.2) is 0 Å². The van der Waals surface area contributed by atoms with Crippen molar-refractivity contribution in [1.82, 2.24) is 24.5 Å². The quantitative estimate of drug-likeness (QED) is 0.678. The van der Waals surface area contributed by atoms with Crippen LogP contribution < -0.4 is 0 Å². The minimum absolute atomic E-state index is 0.104. The molecular weight excluding hydrogens is 358 g/mol. The van der Waals surface area contributed by atoms with E-state index in [0.29, 0.717) is 39.0 Å². The van der Waals surface area contributed by atoms with E-state index < -0.39 is 0 Å². The van der Waals surface area contributed by atoms with Crippen LogP contribution in [0.4, 0.5) is 0 Å². The van der Waals surface area contributed by atoms with Crippen LogP contribution in [0.2, 0.25) is 0 Å².